The third kappa shape index (κ3) is 6.01. The number of carboxylic acids is 1. The van der Waals surface area contributed by atoms with E-state index in [9.17, 15) is 14.4 Å². The average molecular weight is 300 g/mol. The summed E-state index contributed by atoms with van der Waals surface area (Å²) in [6, 6.07) is -1.20. The number of rotatable bonds is 9. The topological polar surface area (TPSA) is 95.9 Å². The molecule has 1 atom stereocenters. The van der Waals surface area contributed by atoms with E-state index in [1.54, 1.807) is 4.90 Å². The number of carbonyl (C=O) groups is 3. The molecule has 1 rings (SSSR count). The number of nitrogens with one attached hydrogen (secondary N) is 1. The molecule has 0 aromatic rings. The van der Waals surface area contributed by atoms with Crippen molar-refractivity contribution in [2.45, 2.75) is 57.5 Å². The van der Waals surface area contributed by atoms with Gasteiger partial charge >= 0.3 is 18.0 Å². The smallest absolute Gasteiger partial charge is 0.326 e. The number of aliphatic carboxylic acids is 1. The van der Waals surface area contributed by atoms with Crippen LogP contribution in [0.1, 0.15) is 45.4 Å². The lowest BCUT2D eigenvalue weighted by Gasteiger charge is -2.25. The molecule has 7 heteroatoms. The van der Waals surface area contributed by atoms with Crippen LogP contribution in [0.25, 0.3) is 0 Å². The number of esters is 1. The van der Waals surface area contributed by atoms with Crippen molar-refractivity contribution in [3.05, 3.63) is 0 Å². The van der Waals surface area contributed by atoms with Crippen LogP contribution in [-0.4, -0.2) is 53.7 Å². The monoisotopic (exact) mass is 300 g/mol. The molecule has 1 saturated carbocycles. The van der Waals surface area contributed by atoms with Gasteiger partial charge in [-0.05, 0) is 25.7 Å². The Morgan fingerprint density at radius 1 is 1.38 bits per heavy atom. The summed E-state index contributed by atoms with van der Waals surface area (Å²) < 4.78 is 4.48. The van der Waals surface area contributed by atoms with Gasteiger partial charge in [-0.3, -0.25) is 4.79 Å². The summed E-state index contributed by atoms with van der Waals surface area (Å²) in [5.74, 6) is -1.63. The number of carbonyl (C=O) groups excluding carboxylic acids is 2. The highest BCUT2D eigenvalue weighted by atomic mass is 16.5. The van der Waals surface area contributed by atoms with Gasteiger partial charge in [0.25, 0.3) is 0 Å². The van der Waals surface area contributed by atoms with Crippen molar-refractivity contribution < 1.29 is 24.2 Å². The largest absolute Gasteiger partial charge is 0.480 e. The Bertz CT molecular complexity index is 382. The highest BCUT2D eigenvalue weighted by Crippen LogP contribution is 2.27. The predicted octanol–water partition coefficient (Wildman–Crippen LogP) is 1.37. The van der Waals surface area contributed by atoms with Gasteiger partial charge in [0.2, 0.25) is 0 Å². The number of hydrogen-bond donors (Lipinski definition) is 2. The van der Waals surface area contributed by atoms with E-state index in [1.165, 1.54) is 7.11 Å². The van der Waals surface area contributed by atoms with E-state index < -0.39 is 18.0 Å². The Morgan fingerprint density at radius 3 is 2.52 bits per heavy atom. The van der Waals surface area contributed by atoms with Gasteiger partial charge in [-0.1, -0.05) is 13.3 Å². The molecule has 0 aromatic heterocycles. The maximum atomic E-state index is 12.2. The van der Waals surface area contributed by atoms with Crippen LogP contribution in [0.4, 0.5) is 4.79 Å². The molecule has 21 heavy (non-hydrogen) atoms. The zero-order chi connectivity index (χ0) is 15.8. The highest BCUT2D eigenvalue weighted by molar-refractivity contribution is 5.83. The number of unbranched alkanes of at least 4 members (excludes halogenated alkanes) is 1. The summed E-state index contributed by atoms with van der Waals surface area (Å²) in [6.07, 6.45) is 3.80. The molecule has 0 saturated heterocycles. The Kier molecular flexibility index (Phi) is 6.98. The van der Waals surface area contributed by atoms with Crippen LogP contribution in [-0.2, 0) is 14.3 Å². The van der Waals surface area contributed by atoms with Gasteiger partial charge in [0.05, 0.1) is 7.11 Å². The van der Waals surface area contributed by atoms with Crippen molar-refractivity contribution in [2.24, 2.45) is 0 Å². The molecule has 1 fully saturated rings. The van der Waals surface area contributed by atoms with Crippen molar-refractivity contribution in [3.63, 3.8) is 0 Å². The first-order valence-electron chi connectivity index (χ1n) is 7.36. The van der Waals surface area contributed by atoms with Crippen LogP contribution in [0.2, 0.25) is 0 Å². The Hall–Kier alpha value is -1.79. The number of hydrogen-bond acceptors (Lipinski definition) is 4. The molecule has 1 aliphatic carbocycles. The number of methoxy groups -OCH3 is 1. The molecule has 0 aromatic carbocycles. The van der Waals surface area contributed by atoms with E-state index in [0.717, 1.165) is 25.7 Å². The molecule has 2 amide bonds. The first-order chi connectivity index (χ1) is 9.99. The van der Waals surface area contributed by atoms with Gasteiger partial charge in [0.1, 0.15) is 6.04 Å². The van der Waals surface area contributed by atoms with Gasteiger partial charge in [0.15, 0.2) is 0 Å². The van der Waals surface area contributed by atoms with Gasteiger partial charge in [0, 0.05) is 19.0 Å². The van der Waals surface area contributed by atoms with E-state index in [0.29, 0.717) is 6.54 Å². The molecule has 0 aliphatic heterocycles. The summed E-state index contributed by atoms with van der Waals surface area (Å²) in [4.78, 5) is 36.2. The molecule has 120 valence electrons. The Labute approximate surface area is 124 Å². The standard InChI is InChI=1S/C14H24N2O5/c1-3-4-9-16(10-5-6-10)14(20)15-11(13(18)19)7-8-12(17)21-2/h10-11H,3-9H2,1-2H3,(H,15,20)(H,18,19)/t11-/m1/s1. The second-order valence-electron chi connectivity index (χ2n) is 5.23. The first kappa shape index (κ1) is 17.3. The van der Waals surface area contributed by atoms with Crippen molar-refractivity contribution in [1.29, 1.82) is 0 Å². The lowest BCUT2D eigenvalue weighted by atomic mass is 10.1. The van der Waals surface area contributed by atoms with Crippen molar-refractivity contribution in [1.82, 2.24) is 10.2 Å². The number of carboxylic acid groups (broad SMARTS) is 1. The second-order valence-corrected chi connectivity index (χ2v) is 5.23. The van der Waals surface area contributed by atoms with Crippen LogP contribution in [0.5, 0.6) is 0 Å². The maximum Gasteiger partial charge on any atom is 0.326 e. The van der Waals surface area contributed by atoms with E-state index in [2.05, 4.69) is 10.1 Å². The third-order valence-electron chi connectivity index (χ3n) is 3.46. The van der Waals surface area contributed by atoms with Gasteiger partial charge < -0.3 is 20.1 Å². The summed E-state index contributed by atoms with van der Waals surface area (Å²) in [5, 5.41) is 11.6. The summed E-state index contributed by atoms with van der Waals surface area (Å²) in [7, 11) is 1.25. The van der Waals surface area contributed by atoms with Gasteiger partial charge in [-0.15, -0.1) is 0 Å². The zero-order valence-corrected chi connectivity index (χ0v) is 12.6. The third-order valence-corrected chi connectivity index (χ3v) is 3.46. The Balaban J connectivity index is 2.53. The van der Waals surface area contributed by atoms with Crippen LogP contribution in [0, 0.1) is 0 Å². The minimum atomic E-state index is -1.14. The van der Waals surface area contributed by atoms with Gasteiger partial charge in [-0.2, -0.15) is 0 Å². The van der Waals surface area contributed by atoms with Gasteiger partial charge in [-0.25, -0.2) is 9.59 Å². The molecule has 0 heterocycles. The maximum absolute atomic E-state index is 12.2. The predicted molar refractivity (Wildman–Crippen MR) is 75.8 cm³/mol. The minimum Gasteiger partial charge on any atom is -0.480 e. The molecule has 1 aliphatic rings. The molecular weight excluding hydrogens is 276 g/mol. The summed E-state index contributed by atoms with van der Waals surface area (Å²) in [6.45, 7) is 2.68. The fraction of sp³-hybridized carbons (Fsp3) is 0.786. The van der Waals surface area contributed by atoms with E-state index in [-0.39, 0.29) is 24.9 Å². The van der Waals surface area contributed by atoms with E-state index in [1.807, 2.05) is 6.92 Å². The van der Waals surface area contributed by atoms with Crippen LogP contribution >= 0.6 is 0 Å². The molecule has 2 N–H and O–H groups in total. The van der Waals surface area contributed by atoms with Crippen LogP contribution in [0.15, 0.2) is 0 Å². The average Bonchev–Trinajstić information content (AvgIpc) is 3.27. The minimum absolute atomic E-state index is 0.0278. The highest BCUT2D eigenvalue weighted by Gasteiger charge is 2.33. The van der Waals surface area contributed by atoms with Crippen LogP contribution in [0.3, 0.4) is 0 Å². The molecule has 0 bridgehead atoms. The quantitative estimate of drug-likeness (QED) is 0.627. The molecule has 0 unspecified atom stereocenters. The zero-order valence-electron chi connectivity index (χ0n) is 12.6. The van der Waals surface area contributed by atoms with Crippen LogP contribution < -0.4 is 5.32 Å². The first-order valence-corrected chi connectivity index (χ1v) is 7.36. The lowest BCUT2D eigenvalue weighted by Crippen LogP contribution is -2.49. The fourth-order valence-electron chi connectivity index (χ4n) is 2.02. The molecular formula is C14H24N2O5. The SMILES string of the molecule is CCCCN(C(=O)N[C@H](CCC(=O)OC)C(=O)O)C1CC1. The van der Waals surface area contributed by atoms with Crippen molar-refractivity contribution in [2.75, 3.05) is 13.7 Å². The fourth-order valence-corrected chi connectivity index (χ4v) is 2.02. The number of nitrogens with zero attached hydrogens (tertiary/aromatic N) is 1. The van der Waals surface area contributed by atoms with E-state index >= 15 is 0 Å². The van der Waals surface area contributed by atoms with Crippen molar-refractivity contribution >= 4 is 18.0 Å². The Morgan fingerprint density at radius 2 is 2.05 bits per heavy atom. The number of urea groups is 1. The van der Waals surface area contributed by atoms with E-state index in [4.69, 9.17) is 5.11 Å². The number of ether oxygens (including phenoxy) is 1. The summed E-state index contributed by atoms with van der Waals surface area (Å²) in [5.41, 5.74) is 0. The lowest BCUT2D eigenvalue weighted by molar-refractivity contribution is -0.142. The molecule has 0 spiro atoms. The molecule has 0 radical (unpaired) electrons. The van der Waals surface area contributed by atoms with Crippen molar-refractivity contribution in [3.8, 4) is 0 Å². The summed E-state index contributed by atoms with van der Waals surface area (Å²) >= 11 is 0. The molecule has 7 nitrogen and oxygen atoms in total. The second kappa shape index (κ2) is 8.49. The number of amides is 2. The normalized spacial score (nSPS) is 15.1.